The van der Waals surface area contributed by atoms with Crippen LogP contribution in [0.25, 0.3) is 11.1 Å². The summed E-state index contributed by atoms with van der Waals surface area (Å²) in [6.07, 6.45) is 2.29. The smallest absolute Gasteiger partial charge is 0.306 e. The third-order valence-electron chi connectivity index (χ3n) is 4.70. The maximum Gasteiger partial charge on any atom is 0.332 e. The van der Waals surface area contributed by atoms with Crippen molar-refractivity contribution >= 4 is 7.60 Å². The van der Waals surface area contributed by atoms with Gasteiger partial charge in [-0.2, -0.15) is 0 Å². The molecule has 0 atom stereocenters. The normalized spacial score (nSPS) is 16.2. The molecule has 0 bridgehead atoms. The Kier molecular flexibility index (Phi) is 5.72. The number of hydrogen-bond donors (Lipinski definition) is 0. The fraction of sp³-hybridized carbons (Fsp3) is 0.455. The largest absolute Gasteiger partial charge is 0.332 e. The molecule has 2 aromatic rings. The minimum absolute atomic E-state index is 0.0749. The van der Waals surface area contributed by atoms with Crippen molar-refractivity contribution in [2.24, 2.45) is 0 Å². The van der Waals surface area contributed by atoms with Gasteiger partial charge in [-0.25, -0.2) is 0 Å². The highest BCUT2D eigenvalue weighted by Gasteiger charge is 2.50. The Balaban J connectivity index is 1.80. The van der Waals surface area contributed by atoms with Crippen molar-refractivity contribution in [2.45, 2.75) is 58.2 Å². The first kappa shape index (κ1) is 19.4. The fourth-order valence-corrected chi connectivity index (χ4v) is 6.17. The first-order chi connectivity index (χ1) is 12.3. The number of rotatable bonds is 8. The molecule has 1 fully saturated rings. The van der Waals surface area contributed by atoms with Gasteiger partial charge in [0.25, 0.3) is 0 Å². The molecule has 2 aromatic carbocycles. The van der Waals surface area contributed by atoms with Gasteiger partial charge in [0.15, 0.2) is 0 Å². The summed E-state index contributed by atoms with van der Waals surface area (Å²) in [6, 6.07) is 19.0. The summed E-state index contributed by atoms with van der Waals surface area (Å²) in [6.45, 7) is 7.63. The molecule has 0 aliphatic heterocycles. The summed E-state index contributed by atoms with van der Waals surface area (Å²) in [5.74, 6) is 0. The lowest BCUT2D eigenvalue weighted by Gasteiger charge is -2.27. The van der Waals surface area contributed by atoms with Crippen molar-refractivity contribution in [3.8, 4) is 11.1 Å². The molecule has 3 nitrogen and oxygen atoms in total. The van der Waals surface area contributed by atoms with E-state index < -0.39 is 7.60 Å². The van der Waals surface area contributed by atoms with E-state index in [4.69, 9.17) is 9.05 Å². The minimum Gasteiger partial charge on any atom is -0.306 e. The van der Waals surface area contributed by atoms with Gasteiger partial charge >= 0.3 is 7.60 Å². The molecule has 140 valence electrons. The molecule has 4 heteroatoms. The second-order valence-electron chi connectivity index (χ2n) is 7.80. The van der Waals surface area contributed by atoms with Crippen molar-refractivity contribution in [1.29, 1.82) is 0 Å². The Morgan fingerprint density at radius 1 is 0.846 bits per heavy atom. The van der Waals surface area contributed by atoms with E-state index in [0.29, 0.717) is 6.16 Å². The van der Waals surface area contributed by atoms with Gasteiger partial charge in [-0.05, 0) is 57.2 Å². The first-order valence-corrected chi connectivity index (χ1v) is 11.2. The lowest BCUT2D eigenvalue weighted by molar-refractivity contribution is 0.141. The van der Waals surface area contributed by atoms with Crippen LogP contribution in [0, 0.1) is 0 Å². The van der Waals surface area contributed by atoms with E-state index in [-0.39, 0.29) is 17.6 Å². The topological polar surface area (TPSA) is 35.5 Å². The second kappa shape index (κ2) is 7.68. The van der Waals surface area contributed by atoms with Crippen LogP contribution in [0.3, 0.4) is 0 Å². The van der Waals surface area contributed by atoms with Crippen LogP contribution in [0.15, 0.2) is 54.6 Å². The zero-order valence-electron chi connectivity index (χ0n) is 16.1. The monoisotopic (exact) mass is 372 g/mol. The van der Waals surface area contributed by atoms with Gasteiger partial charge in [0.1, 0.15) is 0 Å². The summed E-state index contributed by atoms with van der Waals surface area (Å²) < 4.78 is 24.9. The molecule has 0 saturated heterocycles. The lowest BCUT2D eigenvalue weighted by Crippen LogP contribution is -2.19. The van der Waals surface area contributed by atoms with Crippen LogP contribution >= 0.6 is 7.60 Å². The predicted molar refractivity (Wildman–Crippen MR) is 108 cm³/mol. The maximum absolute atomic E-state index is 13.3. The molecule has 1 aliphatic rings. The summed E-state index contributed by atoms with van der Waals surface area (Å²) >= 11 is 0. The van der Waals surface area contributed by atoms with Gasteiger partial charge < -0.3 is 9.05 Å². The molecule has 1 saturated carbocycles. The molecular weight excluding hydrogens is 343 g/mol. The average molecular weight is 372 g/mol. The zero-order valence-corrected chi connectivity index (χ0v) is 17.0. The highest BCUT2D eigenvalue weighted by molar-refractivity contribution is 7.54. The molecule has 0 unspecified atom stereocenters. The molecule has 0 N–H and O–H groups in total. The lowest BCUT2D eigenvalue weighted by atomic mass is 9.95. The molecule has 0 aromatic heterocycles. The van der Waals surface area contributed by atoms with Gasteiger partial charge in [0.05, 0.1) is 18.4 Å². The minimum atomic E-state index is -3.13. The van der Waals surface area contributed by atoms with Crippen molar-refractivity contribution in [1.82, 2.24) is 0 Å². The van der Waals surface area contributed by atoms with Gasteiger partial charge in [-0.15, -0.1) is 0 Å². The van der Waals surface area contributed by atoms with Crippen molar-refractivity contribution in [3.05, 3.63) is 60.2 Å². The van der Waals surface area contributed by atoms with Crippen LogP contribution in [0.4, 0.5) is 0 Å². The maximum atomic E-state index is 13.3. The Bertz CT molecular complexity index is 748. The van der Waals surface area contributed by atoms with Crippen molar-refractivity contribution in [2.75, 3.05) is 6.16 Å². The molecule has 0 radical (unpaired) electrons. The molecule has 0 spiro atoms. The third-order valence-corrected chi connectivity index (χ3v) is 7.18. The Morgan fingerprint density at radius 3 is 1.81 bits per heavy atom. The highest BCUT2D eigenvalue weighted by Crippen LogP contribution is 2.62. The molecular formula is C22H29O3P. The van der Waals surface area contributed by atoms with E-state index >= 15 is 0 Å². The first-order valence-electron chi connectivity index (χ1n) is 9.44. The number of hydrogen-bond acceptors (Lipinski definition) is 3. The van der Waals surface area contributed by atoms with Crippen LogP contribution in [-0.4, -0.2) is 18.4 Å². The van der Waals surface area contributed by atoms with E-state index in [0.717, 1.165) is 12.8 Å². The van der Waals surface area contributed by atoms with E-state index in [9.17, 15) is 4.57 Å². The highest BCUT2D eigenvalue weighted by atomic mass is 31.2. The number of benzene rings is 2. The average Bonchev–Trinajstić information content (AvgIpc) is 3.34. The van der Waals surface area contributed by atoms with Crippen LogP contribution < -0.4 is 0 Å². The van der Waals surface area contributed by atoms with E-state index in [1.807, 2.05) is 45.9 Å². The van der Waals surface area contributed by atoms with Crippen molar-refractivity contribution < 1.29 is 13.6 Å². The van der Waals surface area contributed by atoms with Crippen molar-refractivity contribution in [3.63, 3.8) is 0 Å². The second-order valence-corrected chi connectivity index (χ2v) is 9.76. The van der Waals surface area contributed by atoms with Gasteiger partial charge in [-0.3, -0.25) is 4.57 Å². The Hall–Kier alpha value is -1.41. The molecule has 26 heavy (non-hydrogen) atoms. The molecule has 1 aliphatic carbocycles. The van der Waals surface area contributed by atoms with E-state index in [1.165, 1.54) is 16.7 Å². The van der Waals surface area contributed by atoms with Gasteiger partial charge in [0.2, 0.25) is 0 Å². The van der Waals surface area contributed by atoms with Crippen LogP contribution in [0.1, 0.15) is 46.1 Å². The third kappa shape index (κ3) is 4.65. The summed E-state index contributed by atoms with van der Waals surface area (Å²) in [7, 11) is -3.13. The van der Waals surface area contributed by atoms with Crippen LogP contribution in [0.5, 0.6) is 0 Å². The predicted octanol–water partition coefficient (Wildman–Crippen LogP) is 6.43. The fourth-order valence-electron chi connectivity index (χ4n) is 3.45. The van der Waals surface area contributed by atoms with Gasteiger partial charge in [-0.1, -0.05) is 54.6 Å². The molecule has 3 rings (SSSR count). The SMILES string of the molecule is CC(C)OP(=O)(CC1(c2ccc(-c3ccccc3)cc2)CC1)OC(C)C. The Morgan fingerprint density at radius 2 is 1.35 bits per heavy atom. The van der Waals surface area contributed by atoms with Crippen LogP contribution in [-0.2, 0) is 19.0 Å². The summed E-state index contributed by atoms with van der Waals surface area (Å²) in [5.41, 5.74) is 3.57. The van der Waals surface area contributed by atoms with E-state index in [1.54, 1.807) is 0 Å². The van der Waals surface area contributed by atoms with Gasteiger partial charge in [0, 0.05) is 5.41 Å². The molecule has 0 heterocycles. The zero-order chi connectivity index (χ0) is 18.8. The quantitative estimate of drug-likeness (QED) is 0.501. The molecule has 0 amide bonds. The van der Waals surface area contributed by atoms with E-state index in [2.05, 4.69) is 36.4 Å². The summed E-state index contributed by atoms with van der Waals surface area (Å²) in [5, 5.41) is 0. The standard InChI is InChI=1S/C22H29O3P/c1-17(2)24-26(23,25-18(3)4)16-22(14-15-22)21-12-10-20(11-13-21)19-8-6-5-7-9-19/h5-13,17-18H,14-16H2,1-4H3. The van der Waals surface area contributed by atoms with Crippen LogP contribution in [0.2, 0.25) is 0 Å². The summed E-state index contributed by atoms with van der Waals surface area (Å²) in [4.78, 5) is 0. The Labute approximate surface area is 157 Å².